The van der Waals surface area contributed by atoms with Gasteiger partial charge in [0, 0.05) is 29.4 Å². The SMILES string of the molecule is CNC(c1cnccn1)C1CCCc2sccc21. The van der Waals surface area contributed by atoms with Crippen LogP contribution in [0.25, 0.3) is 0 Å². The second-order valence-electron chi connectivity index (χ2n) is 4.69. The topological polar surface area (TPSA) is 37.8 Å². The smallest absolute Gasteiger partial charge is 0.0762 e. The van der Waals surface area contributed by atoms with Gasteiger partial charge in [0.05, 0.1) is 11.7 Å². The molecule has 0 aromatic carbocycles. The van der Waals surface area contributed by atoms with E-state index in [1.165, 1.54) is 24.8 Å². The number of hydrogen-bond donors (Lipinski definition) is 1. The molecule has 0 spiro atoms. The maximum atomic E-state index is 4.46. The summed E-state index contributed by atoms with van der Waals surface area (Å²) in [6.07, 6.45) is 9.12. The Balaban J connectivity index is 1.95. The minimum Gasteiger partial charge on any atom is -0.311 e. The number of likely N-dealkylation sites (N-methyl/N-ethyl adjacent to an activating group) is 1. The van der Waals surface area contributed by atoms with Crippen LogP contribution in [0.1, 0.15) is 40.9 Å². The lowest BCUT2D eigenvalue weighted by atomic mass is 9.81. The van der Waals surface area contributed by atoms with Crippen LogP contribution < -0.4 is 5.32 Å². The molecule has 2 atom stereocenters. The number of nitrogens with zero attached hydrogens (tertiary/aromatic N) is 2. The lowest BCUT2D eigenvalue weighted by Crippen LogP contribution is -2.27. The van der Waals surface area contributed by atoms with E-state index >= 15 is 0 Å². The van der Waals surface area contributed by atoms with Crippen molar-refractivity contribution in [3.8, 4) is 0 Å². The quantitative estimate of drug-likeness (QED) is 0.921. The molecule has 1 N–H and O–H groups in total. The molecule has 0 radical (unpaired) electrons. The highest BCUT2D eigenvalue weighted by atomic mass is 32.1. The fourth-order valence-corrected chi connectivity index (χ4v) is 3.89. The van der Waals surface area contributed by atoms with Gasteiger partial charge in [-0.15, -0.1) is 11.3 Å². The van der Waals surface area contributed by atoms with Crippen LogP contribution in [0, 0.1) is 0 Å². The van der Waals surface area contributed by atoms with Crippen molar-refractivity contribution in [1.29, 1.82) is 0 Å². The van der Waals surface area contributed by atoms with Gasteiger partial charge in [0.25, 0.3) is 0 Å². The number of hydrogen-bond acceptors (Lipinski definition) is 4. The summed E-state index contributed by atoms with van der Waals surface area (Å²) in [5, 5.41) is 5.64. The summed E-state index contributed by atoms with van der Waals surface area (Å²) >= 11 is 1.89. The Morgan fingerprint density at radius 2 is 2.39 bits per heavy atom. The molecule has 94 valence electrons. The van der Waals surface area contributed by atoms with Crippen LogP contribution in [0.15, 0.2) is 30.0 Å². The van der Waals surface area contributed by atoms with Gasteiger partial charge in [-0.25, -0.2) is 0 Å². The first-order chi connectivity index (χ1) is 8.90. The van der Waals surface area contributed by atoms with Crippen molar-refractivity contribution in [3.63, 3.8) is 0 Å². The number of thiophene rings is 1. The van der Waals surface area contributed by atoms with Crippen molar-refractivity contribution in [2.24, 2.45) is 0 Å². The third-order valence-electron chi connectivity index (χ3n) is 3.71. The number of rotatable bonds is 3. The van der Waals surface area contributed by atoms with Crippen LogP contribution in [-0.2, 0) is 6.42 Å². The highest BCUT2D eigenvalue weighted by molar-refractivity contribution is 7.10. The second kappa shape index (κ2) is 5.16. The molecule has 0 bridgehead atoms. The van der Waals surface area contributed by atoms with Crippen LogP contribution in [0.4, 0.5) is 0 Å². The van der Waals surface area contributed by atoms with Gasteiger partial charge in [0.15, 0.2) is 0 Å². The molecule has 1 aliphatic rings. The molecule has 18 heavy (non-hydrogen) atoms. The molecule has 3 rings (SSSR count). The van der Waals surface area contributed by atoms with Crippen molar-refractivity contribution < 1.29 is 0 Å². The average molecular weight is 259 g/mol. The van der Waals surface area contributed by atoms with Gasteiger partial charge < -0.3 is 5.32 Å². The van der Waals surface area contributed by atoms with Crippen LogP contribution in [0.3, 0.4) is 0 Å². The predicted molar refractivity (Wildman–Crippen MR) is 73.8 cm³/mol. The van der Waals surface area contributed by atoms with Crippen LogP contribution in [0.5, 0.6) is 0 Å². The molecule has 2 heterocycles. The van der Waals surface area contributed by atoms with Gasteiger partial charge in [0.1, 0.15) is 0 Å². The summed E-state index contributed by atoms with van der Waals surface area (Å²) in [7, 11) is 2.01. The van der Waals surface area contributed by atoms with Crippen molar-refractivity contribution in [3.05, 3.63) is 46.2 Å². The molecule has 4 heteroatoms. The Morgan fingerprint density at radius 3 is 3.17 bits per heavy atom. The monoisotopic (exact) mass is 259 g/mol. The molecule has 2 aromatic heterocycles. The van der Waals surface area contributed by atoms with Crippen LogP contribution in [0.2, 0.25) is 0 Å². The van der Waals surface area contributed by atoms with Crippen LogP contribution in [-0.4, -0.2) is 17.0 Å². The molecular weight excluding hydrogens is 242 g/mol. The normalized spacial score (nSPS) is 20.4. The first kappa shape index (κ1) is 11.8. The van der Waals surface area contributed by atoms with E-state index < -0.39 is 0 Å². The summed E-state index contributed by atoms with van der Waals surface area (Å²) in [4.78, 5) is 10.2. The third-order valence-corrected chi connectivity index (χ3v) is 4.71. The fraction of sp³-hybridized carbons (Fsp3) is 0.429. The molecule has 0 saturated carbocycles. The molecule has 3 nitrogen and oxygen atoms in total. The highest BCUT2D eigenvalue weighted by Gasteiger charge is 2.29. The number of aromatic nitrogens is 2. The molecule has 0 fully saturated rings. The van der Waals surface area contributed by atoms with E-state index in [-0.39, 0.29) is 6.04 Å². The van der Waals surface area contributed by atoms with Gasteiger partial charge in [-0.1, -0.05) is 0 Å². The van der Waals surface area contributed by atoms with Crippen molar-refractivity contribution >= 4 is 11.3 Å². The molecule has 2 unspecified atom stereocenters. The number of fused-ring (bicyclic) bond motifs is 1. The van der Waals surface area contributed by atoms with Gasteiger partial charge in [-0.05, 0) is 43.3 Å². The fourth-order valence-electron chi connectivity index (χ4n) is 2.89. The van der Waals surface area contributed by atoms with Gasteiger partial charge in [0.2, 0.25) is 0 Å². The van der Waals surface area contributed by atoms with Gasteiger partial charge in [-0.3, -0.25) is 9.97 Å². The van der Waals surface area contributed by atoms with E-state index in [9.17, 15) is 0 Å². The summed E-state index contributed by atoms with van der Waals surface area (Å²) < 4.78 is 0. The standard InChI is InChI=1S/C14H17N3S/c1-15-14(12-9-16-6-7-17-12)11-3-2-4-13-10(11)5-8-18-13/h5-9,11,14-15H,2-4H2,1H3. The summed E-state index contributed by atoms with van der Waals surface area (Å²) in [5.41, 5.74) is 2.56. The van der Waals surface area contributed by atoms with E-state index in [0.29, 0.717) is 5.92 Å². The lowest BCUT2D eigenvalue weighted by molar-refractivity contribution is 0.419. The Bertz CT molecular complexity index is 509. The van der Waals surface area contributed by atoms with E-state index in [4.69, 9.17) is 0 Å². The Kier molecular flexibility index (Phi) is 3.39. The zero-order chi connectivity index (χ0) is 12.4. The van der Waals surface area contributed by atoms with E-state index in [1.54, 1.807) is 17.3 Å². The second-order valence-corrected chi connectivity index (χ2v) is 5.70. The first-order valence-electron chi connectivity index (χ1n) is 6.39. The Hall–Kier alpha value is -1.26. The molecule has 0 amide bonds. The Labute approximate surface area is 111 Å². The molecule has 0 saturated heterocycles. The highest BCUT2D eigenvalue weighted by Crippen LogP contribution is 2.41. The summed E-state index contributed by atoms with van der Waals surface area (Å²) in [6.45, 7) is 0. The Morgan fingerprint density at radius 1 is 1.44 bits per heavy atom. The molecule has 1 aliphatic carbocycles. The third kappa shape index (κ3) is 2.06. The van der Waals surface area contributed by atoms with E-state index in [2.05, 4.69) is 26.7 Å². The summed E-state index contributed by atoms with van der Waals surface area (Å²) in [5.74, 6) is 0.529. The molecular formula is C14H17N3S. The summed E-state index contributed by atoms with van der Waals surface area (Å²) in [6, 6.07) is 2.55. The largest absolute Gasteiger partial charge is 0.311 e. The van der Waals surface area contributed by atoms with Gasteiger partial charge in [-0.2, -0.15) is 0 Å². The zero-order valence-electron chi connectivity index (χ0n) is 10.5. The first-order valence-corrected chi connectivity index (χ1v) is 7.27. The minimum absolute atomic E-state index is 0.271. The van der Waals surface area contributed by atoms with Crippen molar-refractivity contribution in [2.45, 2.75) is 31.2 Å². The van der Waals surface area contributed by atoms with Crippen LogP contribution >= 0.6 is 11.3 Å². The van der Waals surface area contributed by atoms with Gasteiger partial charge >= 0.3 is 0 Å². The molecule has 0 aliphatic heterocycles. The average Bonchev–Trinajstić information content (AvgIpc) is 2.90. The number of aryl methyl sites for hydroxylation is 1. The molecule has 2 aromatic rings. The maximum Gasteiger partial charge on any atom is 0.0762 e. The number of nitrogens with one attached hydrogen (secondary N) is 1. The maximum absolute atomic E-state index is 4.46. The van der Waals surface area contributed by atoms with E-state index in [0.717, 1.165) is 5.69 Å². The van der Waals surface area contributed by atoms with E-state index in [1.807, 2.05) is 24.6 Å². The lowest BCUT2D eigenvalue weighted by Gasteiger charge is -2.30. The minimum atomic E-state index is 0.271. The predicted octanol–water partition coefficient (Wildman–Crippen LogP) is 2.92. The zero-order valence-corrected chi connectivity index (χ0v) is 11.3. The van der Waals surface area contributed by atoms with Crippen molar-refractivity contribution in [1.82, 2.24) is 15.3 Å². The van der Waals surface area contributed by atoms with Crippen molar-refractivity contribution in [2.75, 3.05) is 7.05 Å².